The molecule has 0 aliphatic heterocycles. The van der Waals surface area contributed by atoms with Gasteiger partial charge in [0.1, 0.15) is 0 Å². The number of quaternary nitrogens is 1. The Kier molecular flexibility index (Phi) is 4.70. The lowest BCUT2D eigenvalue weighted by Crippen LogP contribution is -3.08. The minimum Gasteiger partial charge on any atom is -0.420 e. The molecule has 21 heavy (non-hydrogen) atoms. The van der Waals surface area contributed by atoms with Crippen molar-refractivity contribution in [3.05, 3.63) is 41.1 Å². The number of rotatable bonds is 5. The number of nitrogens with one attached hydrogen (secondary N) is 2. The Balaban J connectivity index is 1.92. The van der Waals surface area contributed by atoms with Crippen LogP contribution in [0.15, 0.2) is 22.6 Å². The van der Waals surface area contributed by atoms with E-state index in [9.17, 15) is 4.79 Å². The minimum atomic E-state index is -0.0267. The standard InChI is InChI=1S/C15H20N4O2/c1-10-6-5-7-11(2)15(10)16-13(20)8-19(4)9-14-18-17-12(3)21-14/h5-7H,8-9H2,1-4H3,(H,16,20)/p+1. The fourth-order valence-corrected chi connectivity index (χ4v) is 2.20. The predicted molar refractivity (Wildman–Crippen MR) is 79.0 cm³/mol. The zero-order valence-corrected chi connectivity index (χ0v) is 12.9. The van der Waals surface area contributed by atoms with Crippen LogP contribution in [0.4, 0.5) is 5.69 Å². The average molecular weight is 289 g/mol. The number of anilines is 1. The van der Waals surface area contributed by atoms with E-state index in [1.54, 1.807) is 6.92 Å². The van der Waals surface area contributed by atoms with Crippen LogP contribution in [0.1, 0.15) is 22.9 Å². The number of aryl methyl sites for hydroxylation is 3. The van der Waals surface area contributed by atoms with Crippen molar-refractivity contribution >= 4 is 11.6 Å². The second kappa shape index (κ2) is 6.49. The van der Waals surface area contributed by atoms with E-state index in [-0.39, 0.29) is 5.91 Å². The van der Waals surface area contributed by atoms with Gasteiger partial charge in [-0.1, -0.05) is 18.2 Å². The summed E-state index contributed by atoms with van der Waals surface area (Å²) in [7, 11) is 1.92. The Bertz CT molecular complexity index is 616. The zero-order chi connectivity index (χ0) is 15.4. The van der Waals surface area contributed by atoms with E-state index in [1.807, 2.05) is 39.1 Å². The number of para-hydroxylation sites is 1. The fraction of sp³-hybridized carbons (Fsp3) is 0.400. The molecule has 1 atom stereocenters. The van der Waals surface area contributed by atoms with Crippen molar-refractivity contribution in [3.63, 3.8) is 0 Å². The van der Waals surface area contributed by atoms with Crippen molar-refractivity contribution in [1.29, 1.82) is 0 Å². The highest BCUT2D eigenvalue weighted by molar-refractivity contribution is 5.93. The van der Waals surface area contributed by atoms with Crippen LogP contribution >= 0.6 is 0 Å². The van der Waals surface area contributed by atoms with Crippen LogP contribution in [0.5, 0.6) is 0 Å². The van der Waals surface area contributed by atoms with Crippen molar-refractivity contribution < 1.29 is 14.1 Å². The van der Waals surface area contributed by atoms with Gasteiger partial charge in [-0.05, 0) is 25.0 Å². The summed E-state index contributed by atoms with van der Waals surface area (Å²) in [5.41, 5.74) is 3.02. The summed E-state index contributed by atoms with van der Waals surface area (Å²) in [6, 6.07) is 5.95. The number of hydrogen-bond donors (Lipinski definition) is 2. The maximum atomic E-state index is 12.1. The van der Waals surface area contributed by atoms with Crippen molar-refractivity contribution in [2.45, 2.75) is 27.3 Å². The Morgan fingerprint density at radius 1 is 1.24 bits per heavy atom. The summed E-state index contributed by atoms with van der Waals surface area (Å²) in [5, 5.41) is 10.7. The first-order valence-electron chi connectivity index (χ1n) is 6.92. The van der Waals surface area contributed by atoms with E-state index in [2.05, 4.69) is 15.5 Å². The predicted octanol–water partition coefficient (Wildman–Crippen LogP) is 0.648. The van der Waals surface area contributed by atoms with Gasteiger partial charge in [-0.15, -0.1) is 10.2 Å². The van der Waals surface area contributed by atoms with Crippen LogP contribution in [0.2, 0.25) is 0 Å². The van der Waals surface area contributed by atoms with Crippen LogP contribution in [0.3, 0.4) is 0 Å². The smallest absolute Gasteiger partial charge is 0.279 e. The van der Waals surface area contributed by atoms with Gasteiger partial charge in [0.2, 0.25) is 5.89 Å². The molecular formula is C15H21N4O2+. The topological polar surface area (TPSA) is 72.5 Å². The molecule has 0 aliphatic rings. The third-order valence-electron chi connectivity index (χ3n) is 3.23. The molecule has 6 heteroatoms. The monoisotopic (exact) mass is 289 g/mol. The van der Waals surface area contributed by atoms with E-state index in [4.69, 9.17) is 4.42 Å². The molecule has 6 nitrogen and oxygen atoms in total. The van der Waals surface area contributed by atoms with Gasteiger partial charge in [0.05, 0.1) is 7.05 Å². The molecule has 1 heterocycles. The number of hydrogen-bond acceptors (Lipinski definition) is 4. The minimum absolute atomic E-state index is 0.0267. The highest BCUT2D eigenvalue weighted by atomic mass is 16.4. The number of nitrogens with zero attached hydrogens (tertiary/aromatic N) is 2. The number of likely N-dealkylation sites (N-methyl/N-ethyl adjacent to an activating group) is 1. The van der Waals surface area contributed by atoms with Crippen molar-refractivity contribution in [1.82, 2.24) is 10.2 Å². The quantitative estimate of drug-likeness (QED) is 0.847. The highest BCUT2D eigenvalue weighted by Gasteiger charge is 2.15. The van der Waals surface area contributed by atoms with Crippen LogP contribution < -0.4 is 10.2 Å². The molecule has 0 bridgehead atoms. The van der Waals surface area contributed by atoms with E-state index in [0.29, 0.717) is 24.9 Å². The first kappa shape index (κ1) is 15.2. The summed E-state index contributed by atoms with van der Waals surface area (Å²) in [4.78, 5) is 13.1. The molecule has 1 aromatic carbocycles. The molecule has 2 rings (SSSR count). The highest BCUT2D eigenvalue weighted by Crippen LogP contribution is 2.18. The Labute approximate surface area is 124 Å². The molecule has 1 unspecified atom stereocenters. The largest absolute Gasteiger partial charge is 0.420 e. The maximum absolute atomic E-state index is 12.1. The lowest BCUT2D eigenvalue weighted by Gasteiger charge is -2.14. The number of aromatic nitrogens is 2. The van der Waals surface area contributed by atoms with Gasteiger partial charge in [-0.2, -0.15) is 0 Å². The number of carbonyl (C=O) groups excluding carboxylic acids is 1. The van der Waals surface area contributed by atoms with Crippen LogP contribution in [0, 0.1) is 20.8 Å². The summed E-state index contributed by atoms with van der Waals surface area (Å²) < 4.78 is 5.32. The van der Waals surface area contributed by atoms with E-state index in [1.165, 1.54) is 0 Å². The molecule has 0 spiro atoms. The van der Waals surface area contributed by atoms with E-state index >= 15 is 0 Å². The van der Waals surface area contributed by atoms with Gasteiger partial charge >= 0.3 is 0 Å². The van der Waals surface area contributed by atoms with Crippen molar-refractivity contribution in [3.8, 4) is 0 Å². The molecule has 0 aliphatic carbocycles. The van der Waals surface area contributed by atoms with Crippen molar-refractivity contribution in [2.24, 2.45) is 0 Å². The third kappa shape index (κ3) is 4.13. The zero-order valence-electron chi connectivity index (χ0n) is 12.9. The maximum Gasteiger partial charge on any atom is 0.279 e. The van der Waals surface area contributed by atoms with Gasteiger partial charge in [0.25, 0.3) is 11.8 Å². The third-order valence-corrected chi connectivity index (χ3v) is 3.23. The summed E-state index contributed by atoms with van der Waals surface area (Å²) >= 11 is 0. The average Bonchev–Trinajstić information content (AvgIpc) is 2.79. The van der Waals surface area contributed by atoms with Crippen LogP contribution in [-0.2, 0) is 11.3 Å². The lowest BCUT2D eigenvalue weighted by molar-refractivity contribution is -0.886. The molecular weight excluding hydrogens is 268 g/mol. The van der Waals surface area contributed by atoms with Gasteiger partial charge in [0.15, 0.2) is 13.1 Å². The van der Waals surface area contributed by atoms with Crippen molar-refractivity contribution in [2.75, 3.05) is 18.9 Å². The van der Waals surface area contributed by atoms with E-state index < -0.39 is 0 Å². The number of amides is 1. The molecule has 112 valence electrons. The second-order valence-corrected chi connectivity index (χ2v) is 5.34. The van der Waals surface area contributed by atoms with E-state index in [0.717, 1.165) is 21.7 Å². The first-order chi connectivity index (χ1) is 9.95. The van der Waals surface area contributed by atoms with Gasteiger partial charge < -0.3 is 14.6 Å². The van der Waals surface area contributed by atoms with Gasteiger partial charge in [-0.25, -0.2) is 0 Å². The molecule has 0 saturated carbocycles. The summed E-state index contributed by atoms with van der Waals surface area (Å²) in [6.45, 7) is 6.59. The fourth-order valence-electron chi connectivity index (χ4n) is 2.20. The van der Waals surface area contributed by atoms with Crippen LogP contribution in [-0.4, -0.2) is 29.7 Å². The molecule has 0 radical (unpaired) electrons. The molecule has 1 amide bonds. The van der Waals surface area contributed by atoms with Gasteiger partial charge in [0, 0.05) is 12.6 Å². The van der Waals surface area contributed by atoms with Gasteiger partial charge in [-0.3, -0.25) is 4.79 Å². The normalized spacial score (nSPS) is 12.2. The Hall–Kier alpha value is -2.21. The molecule has 0 saturated heterocycles. The molecule has 2 N–H and O–H groups in total. The first-order valence-corrected chi connectivity index (χ1v) is 6.92. The molecule has 1 aromatic heterocycles. The van der Waals surface area contributed by atoms with Crippen LogP contribution in [0.25, 0.3) is 0 Å². The lowest BCUT2D eigenvalue weighted by atomic mass is 10.1. The number of benzene rings is 1. The summed E-state index contributed by atoms with van der Waals surface area (Å²) in [6.07, 6.45) is 0. The summed E-state index contributed by atoms with van der Waals surface area (Å²) in [5.74, 6) is 1.06. The molecule has 0 fully saturated rings. The number of carbonyl (C=O) groups is 1. The Morgan fingerprint density at radius 3 is 2.48 bits per heavy atom. The second-order valence-electron chi connectivity index (χ2n) is 5.34. The Morgan fingerprint density at radius 2 is 1.90 bits per heavy atom. The molecule has 2 aromatic rings. The SMILES string of the molecule is Cc1nnc(C[NH+](C)CC(=O)Nc2c(C)cccc2C)o1.